The minimum atomic E-state index is -0.490. The first-order chi connectivity index (χ1) is 6.54. The predicted octanol–water partition coefficient (Wildman–Crippen LogP) is 1.70. The van der Waals surface area contributed by atoms with E-state index in [0.29, 0.717) is 0 Å². The highest BCUT2D eigenvalue weighted by Gasteiger charge is 2.12. The maximum Gasteiger partial charge on any atom is 0.376 e. The molecule has 0 aromatic carbocycles. The van der Waals surface area contributed by atoms with E-state index in [4.69, 9.17) is 0 Å². The molecule has 76 valence electrons. The zero-order valence-electron chi connectivity index (χ0n) is 8.87. The Labute approximate surface area is 83.3 Å². The summed E-state index contributed by atoms with van der Waals surface area (Å²) in [6.07, 6.45) is 0. The molecule has 0 unspecified atom stereocenters. The van der Waals surface area contributed by atoms with Crippen LogP contribution in [0.3, 0.4) is 0 Å². The Hall–Kier alpha value is -1.45. The molecule has 0 aliphatic heterocycles. The van der Waals surface area contributed by atoms with Crippen LogP contribution in [-0.4, -0.2) is 23.0 Å². The molecule has 1 aromatic rings. The number of carbonyl (C=O) groups excluding carboxylic acids is 1. The Balaban J connectivity index is 3.13. The molecule has 0 spiro atoms. The van der Waals surface area contributed by atoms with E-state index in [0.717, 1.165) is 11.4 Å². The van der Waals surface area contributed by atoms with Crippen LogP contribution in [0.5, 0.6) is 0 Å². The Bertz CT molecular complexity index is 348. The molecule has 4 heteroatoms. The highest BCUT2D eigenvalue weighted by atomic mass is 16.5. The van der Waals surface area contributed by atoms with Gasteiger partial charge in [-0.3, -0.25) is 0 Å². The van der Waals surface area contributed by atoms with Crippen molar-refractivity contribution in [3.05, 3.63) is 23.3 Å². The number of carbonyl (C=O) groups is 1. The lowest BCUT2D eigenvalue weighted by Crippen LogP contribution is -2.10. The van der Waals surface area contributed by atoms with Gasteiger partial charge in [0.05, 0.1) is 7.11 Å². The summed E-state index contributed by atoms with van der Waals surface area (Å²) >= 11 is 0. The van der Waals surface area contributed by atoms with E-state index in [1.54, 1.807) is 0 Å². The van der Waals surface area contributed by atoms with E-state index < -0.39 is 5.97 Å². The normalized spacial score (nSPS) is 10.4. The lowest BCUT2D eigenvalue weighted by atomic mass is 10.1. The van der Waals surface area contributed by atoms with Crippen LogP contribution < -0.4 is 0 Å². The number of aryl methyl sites for hydroxylation is 1. The van der Waals surface area contributed by atoms with E-state index in [-0.39, 0.29) is 11.7 Å². The maximum atomic E-state index is 11.2. The summed E-state index contributed by atoms with van der Waals surface area (Å²) in [7, 11) is 1.32. The molecule has 1 heterocycles. The largest absolute Gasteiger partial charge is 0.463 e. The zero-order chi connectivity index (χ0) is 10.7. The van der Waals surface area contributed by atoms with Crippen molar-refractivity contribution in [2.24, 2.45) is 0 Å². The van der Waals surface area contributed by atoms with Crippen LogP contribution in [0.25, 0.3) is 0 Å². The molecule has 0 N–H and O–H groups in total. The van der Waals surface area contributed by atoms with Crippen molar-refractivity contribution in [2.75, 3.05) is 7.11 Å². The first-order valence-corrected chi connectivity index (χ1v) is 4.48. The van der Waals surface area contributed by atoms with Gasteiger partial charge in [0.1, 0.15) is 0 Å². The van der Waals surface area contributed by atoms with Crippen molar-refractivity contribution in [3.63, 3.8) is 0 Å². The Morgan fingerprint density at radius 1 is 1.43 bits per heavy atom. The molecule has 1 rings (SSSR count). The lowest BCUT2D eigenvalue weighted by Gasteiger charge is -2.06. The third kappa shape index (κ3) is 2.28. The molecule has 0 radical (unpaired) electrons. The van der Waals surface area contributed by atoms with Crippen molar-refractivity contribution in [3.8, 4) is 0 Å². The first-order valence-electron chi connectivity index (χ1n) is 4.48. The van der Waals surface area contributed by atoms with E-state index in [2.05, 4.69) is 14.7 Å². The minimum absolute atomic E-state index is 0.135. The molecule has 4 nitrogen and oxygen atoms in total. The van der Waals surface area contributed by atoms with Gasteiger partial charge in [0, 0.05) is 11.4 Å². The quantitative estimate of drug-likeness (QED) is 0.672. The summed E-state index contributed by atoms with van der Waals surface area (Å²) in [6.45, 7) is 5.87. The fraction of sp³-hybridized carbons (Fsp3) is 0.500. The second kappa shape index (κ2) is 4.17. The summed E-state index contributed by atoms with van der Waals surface area (Å²) in [6, 6.07) is 1.87. The number of aromatic nitrogens is 2. The van der Waals surface area contributed by atoms with Gasteiger partial charge in [-0.05, 0) is 18.9 Å². The smallest absolute Gasteiger partial charge is 0.376 e. The molecule has 0 saturated carbocycles. The first kappa shape index (κ1) is 10.6. The second-order valence-corrected chi connectivity index (χ2v) is 3.40. The molecular formula is C10H14N2O2. The molecule has 0 bridgehead atoms. The average Bonchev–Trinajstić information content (AvgIpc) is 2.15. The summed E-state index contributed by atoms with van der Waals surface area (Å²) in [5.41, 5.74) is 1.64. The lowest BCUT2D eigenvalue weighted by molar-refractivity contribution is 0.0586. The van der Waals surface area contributed by atoms with Crippen LogP contribution in [0.2, 0.25) is 0 Å². The monoisotopic (exact) mass is 194 g/mol. The zero-order valence-corrected chi connectivity index (χ0v) is 8.87. The summed E-state index contributed by atoms with van der Waals surface area (Å²) < 4.78 is 4.56. The number of esters is 1. The van der Waals surface area contributed by atoms with Crippen LogP contribution in [-0.2, 0) is 4.74 Å². The van der Waals surface area contributed by atoms with Crippen LogP contribution in [0.4, 0.5) is 0 Å². The van der Waals surface area contributed by atoms with Crippen molar-refractivity contribution in [2.45, 2.75) is 26.7 Å². The number of hydrogen-bond donors (Lipinski definition) is 0. The van der Waals surface area contributed by atoms with Gasteiger partial charge in [0.25, 0.3) is 0 Å². The summed E-state index contributed by atoms with van der Waals surface area (Å²) in [4.78, 5) is 19.3. The van der Waals surface area contributed by atoms with E-state index >= 15 is 0 Å². The van der Waals surface area contributed by atoms with Gasteiger partial charge in [-0.25, -0.2) is 14.8 Å². The third-order valence-corrected chi connectivity index (χ3v) is 1.83. The van der Waals surface area contributed by atoms with Crippen LogP contribution in [0, 0.1) is 6.92 Å². The topological polar surface area (TPSA) is 52.1 Å². The van der Waals surface area contributed by atoms with Gasteiger partial charge in [-0.2, -0.15) is 0 Å². The number of hydrogen-bond acceptors (Lipinski definition) is 4. The highest BCUT2D eigenvalue weighted by molar-refractivity contribution is 5.85. The Kier molecular flexibility index (Phi) is 3.17. The Morgan fingerprint density at radius 2 is 2.07 bits per heavy atom. The molecule has 0 amide bonds. The molecular weight excluding hydrogens is 180 g/mol. The van der Waals surface area contributed by atoms with Gasteiger partial charge in [0.2, 0.25) is 5.82 Å². The van der Waals surface area contributed by atoms with E-state index in [9.17, 15) is 4.79 Å². The van der Waals surface area contributed by atoms with E-state index in [1.807, 2.05) is 26.8 Å². The molecule has 0 aliphatic rings. The SMILES string of the molecule is COC(=O)c1nc(C)cc(C(C)C)n1. The van der Waals surface area contributed by atoms with Crippen LogP contribution >= 0.6 is 0 Å². The van der Waals surface area contributed by atoms with Crippen molar-refractivity contribution < 1.29 is 9.53 Å². The molecule has 0 aliphatic carbocycles. The van der Waals surface area contributed by atoms with Gasteiger partial charge in [-0.1, -0.05) is 13.8 Å². The minimum Gasteiger partial charge on any atom is -0.463 e. The van der Waals surface area contributed by atoms with Crippen molar-refractivity contribution in [1.82, 2.24) is 9.97 Å². The van der Waals surface area contributed by atoms with E-state index in [1.165, 1.54) is 7.11 Å². The molecule has 14 heavy (non-hydrogen) atoms. The number of methoxy groups -OCH3 is 1. The number of nitrogens with zero attached hydrogens (tertiary/aromatic N) is 2. The molecule has 0 saturated heterocycles. The molecule has 0 fully saturated rings. The summed E-state index contributed by atoms with van der Waals surface area (Å²) in [5.74, 6) is -0.0769. The van der Waals surface area contributed by atoms with Gasteiger partial charge in [-0.15, -0.1) is 0 Å². The fourth-order valence-corrected chi connectivity index (χ4v) is 1.07. The van der Waals surface area contributed by atoms with Crippen LogP contribution in [0.15, 0.2) is 6.07 Å². The molecule has 1 aromatic heterocycles. The van der Waals surface area contributed by atoms with Gasteiger partial charge < -0.3 is 4.74 Å². The standard InChI is InChI=1S/C10H14N2O2/c1-6(2)8-5-7(3)11-9(12-8)10(13)14-4/h5-6H,1-4H3. The van der Waals surface area contributed by atoms with Crippen LogP contribution in [0.1, 0.15) is 41.8 Å². The highest BCUT2D eigenvalue weighted by Crippen LogP contribution is 2.12. The second-order valence-electron chi connectivity index (χ2n) is 3.40. The maximum absolute atomic E-state index is 11.2. The third-order valence-electron chi connectivity index (χ3n) is 1.83. The molecule has 0 atom stereocenters. The number of ether oxygens (including phenoxy) is 1. The average molecular weight is 194 g/mol. The predicted molar refractivity (Wildman–Crippen MR) is 52.2 cm³/mol. The number of rotatable bonds is 2. The fourth-order valence-electron chi connectivity index (χ4n) is 1.07. The summed E-state index contributed by atoms with van der Waals surface area (Å²) in [5, 5.41) is 0. The van der Waals surface area contributed by atoms with Gasteiger partial charge in [0.15, 0.2) is 0 Å². The van der Waals surface area contributed by atoms with Crippen molar-refractivity contribution in [1.29, 1.82) is 0 Å². The Morgan fingerprint density at radius 3 is 2.57 bits per heavy atom. The van der Waals surface area contributed by atoms with Gasteiger partial charge >= 0.3 is 5.97 Å². The van der Waals surface area contributed by atoms with Crippen molar-refractivity contribution >= 4 is 5.97 Å².